The van der Waals surface area contributed by atoms with E-state index in [9.17, 15) is 10.1 Å². The van der Waals surface area contributed by atoms with Crippen molar-refractivity contribution in [2.24, 2.45) is 5.84 Å². The molecule has 0 bridgehead atoms. The summed E-state index contributed by atoms with van der Waals surface area (Å²) in [6, 6.07) is 2.90. The number of hydrogen-bond donors (Lipinski definition) is 2. The van der Waals surface area contributed by atoms with E-state index in [1.807, 2.05) is 11.8 Å². The number of methoxy groups -OCH3 is 1. The standard InChI is InChI=1S/C12H19N5O3/c1-12(20-2)6-3-7-16(8-12)11-9(17(18)19)4-5-10(14-11)15-13/h4-5H,3,6-8,13H2,1-2H3,(H,14,15). The molecule has 1 fully saturated rings. The Morgan fingerprint density at radius 3 is 2.95 bits per heavy atom. The van der Waals surface area contributed by atoms with E-state index in [1.165, 1.54) is 12.1 Å². The van der Waals surface area contributed by atoms with Gasteiger partial charge in [-0.15, -0.1) is 0 Å². The molecular weight excluding hydrogens is 262 g/mol. The summed E-state index contributed by atoms with van der Waals surface area (Å²) in [5.74, 6) is 6.05. The molecule has 1 saturated heterocycles. The van der Waals surface area contributed by atoms with Gasteiger partial charge in [-0.2, -0.15) is 0 Å². The van der Waals surface area contributed by atoms with Crippen molar-refractivity contribution in [3.8, 4) is 0 Å². The van der Waals surface area contributed by atoms with Crippen molar-refractivity contribution in [1.82, 2.24) is 4.98 Å². The lowest BCUT2D eigenvalue weighted by molar-refractivity contribution is -0.384. The van der Waals surface area contributed by atoms with E-state index in [0.29, 0.717) is 24.7 Å². The number of piperidine rings is 1. The summed E-state index contributed by atoms with van der Waals surface area (Å²) < 4.78 is 5.51. The molecule has 0 amide bonds. The van der Waals surface area contributed by atoms with Gasteiger partial charge in [0.15, 0.2) is 0 Å². The first kappa shape index (κ1) is 14.5. The van der Waals surface area contributed by atoms with Crippen LogP contribution < -0.4 is 16.2 Å². The summed E-state index contributed by atoms with van der Waals surface area (Å²) in [7, 11) is 1.66. The lowest BCUT2D eigenvalue weighted by atomic mass is 9.94. The second kappa shape index (κ2) is 5.59. The molecule has 8 nitrogen and oxygen atoms in total. The molecule has 1 aliphatic heterocycles. The van der Waals surface area contributed by atoms with E-state index in [0.717, 1.165) is 12.8 Å². The summed E-state index contributed by atoms with van der Waals surface area (Å²) in [6.45, 7) is 3.27. The molecule has 110 valence electrons. The number of nitrogen functional groups attached to an aromatic ring is 1. The highest BCUT2D eigenvalue weighted by Gasteiger charge is 2.34. The van der Waals surface area contributed by atoms with Crippen molar-refractivity contribution in [2.75, 3.05) is 30.5 Å². The van der Waals surface area contributed by atoms with Gasteiger partial charge in [0.25, 0.3) is 0 Å². The molecule has 2 heterocycles. The van der Waals surface area contributed by atoms with Crippen molar-refractivity contribution in [3.63, 3.8) is 0 Å². The molecule has 20 heavy (non-hydrogen) atoms. The zero-order valence-electron chi connectivity index (χ0n) is 11.6. The van der Waals surface area contributed by atoms with E-state index in [4.69, 9.17) is 10.6 Å². The van der Waals surface area contributed by atoms with Crippen molar-refractivity contribution in [3.05, 3.63) is 22.2 Å². The quantitative estimate of drug-likeness (QED) is 0.486. The van der Waals surface area contributed by atoms with Gasteiger partial charge in [-0.05, 0) is 25.8 Å². The molecule has 0 aromatic carbocycles. The first-order valence-corrected chi connectivity index (χ1v) is 6.41. The summed E-state index contributed by atoms with van der Waals surface area (Å²) in [5.41, 5.74) is 2.07. The van der Waals surface area contributed by atoms with Crippen LogP contribution in [0, 0.1) is 10.1 Å². The number of hydrogen-bond acceptors (Lipinski definition) is 7. The third-order valence-corrected chi connectivity index (χ3v) is 3.65. The van der Waals surface area contributed by atoms with Gasteiger partial charge in [0, 0.05) is 26.3 Å². The van der Waals surface area contributed by atoms with Crippen LogP contribution in [-0.2, 0) is 4.74 Å². The number of anilines is 2. The van der Waals surface area contributed by atoms with E-state index in [1.54, 1.807) is 7.11 Å². The van der Waals surface area contributed by atoms with Crippen LogP contribution in [0.5, 0.6) is 0 Å². The van der Waals surface area contributed by atoms with Gasteiger partial charge in [0.05, 0.1) is 10.5 Å². The van der Waals surface area contributed by atoms with Crippen LogP contribution in [0.2, 0.25) is 0 Å². The largest absolute Gasteiger partial charge is 0.377 e. The minimum absolute atomic E-state index is 0.0237. The number of hydrazine groups is 1. The molecule has 1 aromatic rings. The van der Waals surface area contributed by atoms with Crippen molar-refractivity contribution >= 4 is 17.3 Å². The fourth-order valence-corrected chi connectivity index (χ4v) is 2.45. The molecule has 1 aliphatic rings. The van der Waals surface area contributed by atoms with E-state index < -0.39 is 4.92 Å². The van der Waals surface area contributed by atoms with Crippen LogP contribution in [0.4, 0.5) is 17.3 Å². The average molecular weight is 281 g/mol. The molecule has 1 atom stereocenters. The molecule has 1 aromatic heterocycles. The molecule has 3 N–H and O–H groups in total. The van der Waals surface area contributed by atoms with Crippen molar-refractivity contribution in [1.29, 1.82) is 0 Å². The Bertz CT molecular complexity index is 510. The third-order valence-electron chi connectivity index (χ3n) is 3.65. The van der Waals surface area contributed by atoms with Gasteiger partial charge in [-0.1, -0.05) is 0 Å². The second-order valence-corrected chi connectivity index (χ2v) is 5.12. The summed E-state index contributed by atoms with van der Waals surface area (Å²) >= 11 is 0. The van der Waals surface area contributed by atoms with Crippen molar-refractivity contribution < 1.29 is 9.66 Å². The number of aromatic nitrogens is 1. The molecule has 0 aliphatic carbocycles. The highest BCUT2D eigenvalue weighted by atomic mass is 16.6. The third kappa shape index (κ3) is 2.81. The predicted octanol–water partition coefficient (Wildman–Crippen LogP) is 1.28. The fraction of sp³-hybridized carbons (Fsp3) is 0.583. The summed E-state index contributed by atoms with van der Waals surface area (Å²) in [4.78, 5) is 16.8. The molecular formula is C12H19N5O3. The lowest BCUT2D eigenvalue weighted by Gasteiger charge is -2.39. The Morgan fingerprint density at radius 1 is 1.60 bits per heavy atom. The topological polar surface area (TPSA) is 107 Å². The van der Waals surface area contributed by atoms with E-state index >= 15 is 0 Å². The SMILES string of the molecule is COC1(C)CCCN(c2nc(NN)ccc2[N+](=O)[O-])C1. The maximum Gasteiger partial charge on any atom is 0.311 e. The zero-order chi connectivity index (χ0) is 14.8. The number of rotatable bonds is 4. The van der Waals surface area contributed by atoms with Gasteiger partial charge in [0.1, 0.15) is 5.82 Å². The number of ether oxygens (including phenoxy) is 1. The van der Waals surface area contributed by atoms with Crippen LogP contribution >= 0.6 is 0 Å². The molecule has 0 saturated carbocycles. The molecule has 0 spiro atoms. The lowest BCUT2D eigenvalue weighted by Crippen LogP contribution is -2.48. The van der Waals surface area contributed by atoms with Crippen LogP contribution in [0.15, 0.2) is 12.1 Å². The maximum absolute atomic E-state index is 11.2. The summed E-state index contributed by atoms with van der Waals surface area (Å²) in [6.07, 6.45) is 1.81. The highest BCUT2D eigenvalue weighted by molar-refractivity contribution is 5.62. The second-order valence-electron chi connectivity index (χ2n) is 5.12. The Hall–Kier alpha value is -1.93. The Morgan fingerprint density at radius 2 is 2.35 bits per heavy atom. The predicted molar refractivity (Wildman–Crippen MR) is 75.6 cm³/mol. The number of pyridine rings is 1. The van der Waals surface area contributed by atoms with Gasteiger partial charge >= 0.3 is 5.69 Å². The summed E-state index contributed by atoms with van der Waals surface area (Å²) in [5, 5.41) is 11.2. The van der Waals surface area contributed by atoms with E-state index in [2.05, 4.69) is 10.4 Å². The normalized spacial score (nSPS) is 22.6. The zero-order valence-corrected chi connectivity index (χ0v) is 11.6. The Kier molecular flexibility index (Phi) is 4.05. The Balaban J connectivity index is 2.37. The molecule has 2 rings (SSSR count). The van der Waals surface area contributed by atoms with E-state index in [-0.39, 0.29) is 11.3 Å². The van der Waals surface area contributed by atoms with Crippen LogP contribution in [0.1, 0.15) is 19.8 Å². The minimum Gasteiger partial charge on any atom is -0.377 e. The number of nitrogens with two attached hydrogens (primary N) is 1. The first-order chi connectivity index (χ1) is 9.49. The van der Waals surface area contributed by atoms with Gasteiger partial charge in [0.2, 0.25) is 5.82 Å². The number of nitro groups is 1. The monoisotopic (exact) mass is 281 g/mol. The maximum atomic E-state index is 11.2. The van der Waals surface area contributed by atoms with Crippen LogP contribution in [-0.4, -0.2) is 35.7 Å². The fourth-order valence-electron chi connectivity index (χ4n) is 2.45. The average Bonchev–Trinajstić information content (AvgIpc) is 2.46. The van der Waals surface area contributed by atoms with Crippen LogP contribution in [0.25, 0.3) is 0 Å². The van der Waals surface area contributed by atoms with Crippen LogP contribution in [0.3, 0.4) is 0 Å². The number of nitrogens with one attached hydrogen (secondary N) is 1. The minimum atomic E-state index is -0.429. The van der Waals surface area contributed by atoms with Crippen molar-refractivity contribution in [2.45, 2.75) is 25.4 Å². The molecule has 0 radical (unpaired) electrons. The van der Waals surface area contributed by atoms with Gasteiger partial charge in [-0.3, -0.25) is 10.1 Å². The highest BCUT2D eigenvalue weighted by Crippen LogP contribution is 2.33. The molecule has 8 heteroatoms. The Labute approximate surface area is 117 Å². The molecule has 1 unspecified atom stereocenters. The smallest absolute Gasteiger partial charge is 0.311 e. The van der Waals surface area contributed by atoms with Gasteiger partial charge in [-0.25, -0.2) is 10.8 Å². The first-order valence-electron chi connectivity index (χ1n) is 6.41. The van der Waals surface area contributed by atoms with Gasteiger partial charge < -0.3 is 15.1 Å². The number of nitrogens with zero attached hydrogens (tertiary/aromatic N) is 3.